The second kappa shape index (κ2) is 8.95. The van der Waals surface area contributed by atoms with Crippen molar-refractivity contribution >= 4 is 35.3 Å². The van der Waals surface area contributed by atoms with Gasteiger partial charge in [0.1, 0.15) is 11.6 Å². The number of amides is 2. The van der Waals surface area contributed by atoms with E-state index < -0.39 is 11.8 Å². The smallest absolute Gasteiger partial charge is 0.276 e. The summed E-state index contributed by atoms with van der Waals surface area (Å²) in [6.45, 7) is -0.291. The number of hydrazine groups is 1. The number of hydrogen-bond donors (Lipinski definition) is 2. The summed E-state index contributed by atoms with van der Waals surface area (Å²) in [5.74, 6) is 1.35. The van der Waals surface area contributed by atoms with Gasteiger partial charge in [0.05, 0.1) is 4.58 Å². The molecule has 1 heterocycles. The highest BCUT2D eigenvalue weighted by molar-refractivity contribution is 8.19. The van der Waals surface area contributed by atoms with Gasteiger partial charge < -0.3 is 4.74 Å². The zero-order chi connectivity index (χ0) is 18.4. The Bertz CT molecular complexity index is 763. The summed E-state index contributed by atoms with van der Waals surface area (Å²) >= 11 is 3.80. The van der Waals surface area contributed by atoms with Crippen molar-refractivity contribution in [2.24, 2.45) is 0 Å². The van der Waals surface area contributed by atoms with E-state index in [2.05, 4.69) is 10.9 Å². The normalized spacial score (nSPS) is 14.0. The fourth-order valence-corrected chi connectivity index (χ4v) is 5.12. The van der Waals surface area contributed by atoms with Gasteiger partial charge in [-0.05, 0) is 42.0 Å². The number of carbonyl (C=O) groups excluding carboxylic acids is 2. The summed E-state index contributed by atoms with van der Waals surface area (Å²) in [6, 6.07) is 12.7. The summed E-state index contributed by atoms with van der Waals surface area (Å²) in [5.41, 5.74) is 6.28. The molecule has 1 aliphatic heterocycles. The van der Waals surface area contributed by atoms with Crippen molar-refractivity contribution in [3.05, 3.63) is 65.5 Å². The maximum atomic E-state index is 12.8. The molecular formula is C18H17FN2O3S2. The lowest BCUT2D eigenvalue weighted by Crippen LogP contribution is -2.43. The lowest BCUT2D eigenvalue weighted by Gasteiger charge is -2.11. The van der Waals surface area contributed by atoms with Crippen molar-refractivity contribution in [1.29, 1.82) is 0 Å². The van der Waals surface area contributed by atoms with Crippen molar-refractivity contribution in [3.8, 4) is 5.75 Å². The van der Waals surface area contributed by atoms with Crippen molar-refractivity contribution in [2.75, 3.05) is 18.1 Å². The fourth-order valence-electron chi connectivity index (χ4n) is 2.26. The minimum Gasteiger partial charge on any atom is -0.484 e. The molecule has 2 N–H and O–H groups in total. The van der Waals surface area contributed by atoms with E-state index in [0.717, 1.165) is 11.5 Å². The lowest BCUT2D eigenvalue weighted by atomic mass is 10.1. The molecule has 5 nitrogen and oxygen atoms in total. The van der Waals surface area contributed by atoms with Gasteiger partial charge in [0.25, 0.3) is 11.8 Å². The van der Waals surface area contributed by atoms with Gasteiger partial charge in [-0.25, -0.2) is 4.39 Å². The first-order valence-electron chi connectivity index (χ1n) is 7.92. The van der Waals surface area contributed by atoms with Crippen molar-refractivity contribution in [2.45, 2.75) is 4.58 Å². The highest BCUT2D eigenvalue weighted by atomic mass is 32.2. The molecule has 0 aromatic heterocycles. The molecular weight excluding hydrogens is 375 g/mol. The number of ether oxygens (including phenoxy) is 1. The molecule has 0 aliphatic carbocycles. The van der Waals surface area contributed by atoms with Gasteiger partial charge in [0, 0.05) is 17.1 Å². The summed E-state index contributed by atoms with van der Waals surface area (Å²) in [7, 11) is 0. The summed E-state index contributed by atoms with van der Waals surface area (Å²) in [5, 5.41) is 0. The number of nitrogens with one attached hydrogen (secondary N) is 2. The molecule has 2 aromatic carbocycles. The third-order valence-corrected chi connectivity index (χ3v) is 6.67. The van der Waals surface area contributed by atoms with Gasteiger partial charge in [-0.3, -0.25) is 20.4 Å². The van der Waals surface area contributed by atoms with Gasteiger partial charge in [0.2, 0.25) is 0 Å². The van der Waals surface area contributed by atoms with Crippen LogP contribution in [0.25, 0.3) is 0 Å². The zero-order valence-electron chi connectivity index (χ0n) is 13.7. The number of benzene rings is 2. The number of halogens is 1. The van der Waals surface area contributed by atoms with E-state index in [4.69, 9.17) is 4.74 Å². The monoisotopic (exact) mass is 392 g/mol. The van der Waals surface area contributed by atoms with Crippen LogP contribution in [0.3, 0.4) is 0 Å². The minimum absolute atomic E-state index is 0.291. The van der Waals surface area contributed by atoms with Gasteiger partial charge >= 0.3 is 0 Å². The van der Waals surface area contributed by atoms with Gasteiger partial charge in [0.15, 0.2) is 6.61 Å². The molecule has 0 unspecified atom stereocenters. The topological polar surface area (TPSA) is 67.4 Å². The predicted molar refractivity (Wildman–Crippen MR) is 102 cm³/mol. The van der Waals surface area contributed by atoms with E-state index in [9.17, 15) is 14.0 Å². The predicted octanol–water partition coefficient (Wildman–Crippen LogP) is 3.14. The SMILES string of the molecule is O=C(COc1ccc(F)cc1)NNC(=O)c1ccc(C2SCCS2)cc1. The Morgan fingerprint density at radius 2 is 1.65 bits per heavy atom. The van der Waals surface area contributed by atoms with Gasteiger partial charge in [-0.15, -0.1) is 23.5 Å². The Labute approximate surface area is 159 Å². The summed E-state index contributed by atoms with van der Waals surface area (Å²) < 4.78 is 18.4. The molecule has 1 fully saturated rings. The zero-order valence-corrected chi connectivity index (χ0v) is 15.4. The molecule has 26 heavy (non-hydrogen) atoms. The molecule has 3 rings (SSSR count). The first-order valence-corrected chi connectivity index (χ1v) is 10.0. The van der Waals surface area contributed by atoms with Crippen LogP contribution in [0, 0.1) is 5.82 Å². The molecule has 0 saturated carbocycles. The van der Waals surface area contributed by atoms with Crippen molar-refractivity contribution in [1.82, 2.24) is 10.9 Å². The molecule has 0 atom stereocenters. The van der Waals surface area contributed by atoms with Gasteiger partial charge in [-0.2, -0.15) is 0 Å². The summed E-state index contributed by atoms with van der Waals surface area (Å²) in [6.07, 6.45) is 0. The molecule has 8 heteroatoms. The van der Waals surface area contributed by atoms with Crippen LogP contribution in [0.15, 0.2) is 48.5 Å². The highest BCUT2D eigenvalue weighted by Crippen LogP contribution is 2.45. The molecule has 0 spiro atoms. The minimum atomic E-state index is -0.516. The molecule has 2 amide bonds. The van der Waals surface area contributed by atoms with Crippen LogP contribution in [0.4, 0.5) is 4.39 Å². The van der Waals surface area contributed by atoms with Crippen molar-refractivity contribution in [3.63, 3.8) is 0 Å². The number of rotatable bonds is 5. The van der Waals surface area contributed by atoms with E-state index in [1.54, 1.807) is 12.1 Å². The molecule has 0 bridgehead atoms. The lowest BCUT2D eigenvalue weighted by molar-refractivity contribution is -0.123. The average Bonchev–Trinajstić information content (AvgIpc) is 3.20. The van der Waals surface area contributed by atoms with Crippen LogP contribution in [0.5, 0.6) is 5.75 Å². The Hall–Kier alpha value is -2.19. The standard InChI is InChI=1S/C18H17FN2O3S2/c19-14-5-7-15(8-6-14)24-11-16(22)20-21-17(23)12-1-3-13(4-2-12)18-25-9-10-26-18/h1-8,18H,9-11H2,(H,20,22)(H,21,23). The van der Waals surface area contributed by atoms with Crippen LogP contribution >= 0.6 is 23.5 Å². The Balaban J connectivity index is 1.44. The first-order chi connectivity index (χ1) is 12.6. The molecule has 0 radical (unpaired) electrons. The Morgan fingerprint density at radius 1 is 1.00 bits per heavy atom. The van der Waals surface area contributed by atoms with Crippen LogP contribution in [0.2, 0.25) is 0 Å². The van der Waals surface area contributed by atoms with Crippen LogP contribution in [0.1, 0.15) is 20.5 Å². The van der Waals surface area contributed by atoms with E-state index >= 15 is 0 Å². The van der Waals surface area contributed by atoms with Gasteiger partial charge in [-0.1, -0.05) is 12.1 Å². The Kier molecular flexibility index (Phi) is 6.40. The third-order valence-electron chi connectivity index (χ3n) is 3.57. The molecule has 136 valence electrons. The van der Waals surface area contributed by atoms with E-state index in [1.807, 2.05) is 35.7 Å². The molecule has 1 saturated heterocycles. The van der Waals surface area contributed by atoms with Crippen molar-refractivity contribution < 1.29 is 18.7 Å². The Morgan fingerprint density at radius 3 is 2.31 bits per heavy atom. The van der Waals surface area contributed by atoms with Crippen LogP contribution < -0.4 is 15.6 Å². The second-order valence-corrected chi connectivity index (χ2v) is 8.16. The van der Waals surface area contributed by atoms with E-state index in [-0.39, 0.29) is 12.4 Å². The fraction of sp³-hybridized carbons (Fsp3) is 0.222. The first kappa shape index (κ1) is 18.6. The quantitative estimate of drug-likeness (QED) is 0.766. The second-order valence-electron chi connectivity index (χ2n) is 5.44. The molecule has 2 aromatic rings. The van der Waals surface area contributed by atoms with E-state index in [0.29, 0.717) is 15.9 Å². The highest BCUT2D eigenvalue weighted by Gasteiger charge is 2.18. The maximum Gasteiger partial charge on any atom is 0.276 e. The molecule has 1 aliphatic rings. The average molecular weight is 392 g/mol. The van der Waals surface area contributed by atoms with E-state index in [1.165, 1.54) is 29.8 Å². The third kappa shape index (κ3) is 5.15. The summed E-state index contributed by atoms with van der Waals surface area (Å²) in [4.78, 5) is 23.8. The maximum absolute atomic E-state index is 12.8. The largest absolute Gasteiger partial charge is 0.484 e. The van der Waals surface area contributed by atoms with Crippen LogP contribution in [-0.2, 0) is 4.79 Å². The number of hydrogen-bond acceptors (Lipinski definition) is 5. The van der Waals surface area contributed by atoms with Crippen LogP contribution in [-0.4, -0.2) is 29.9 Å². The number of thioether (sulfide) groups is 2. The number of carbonyl (C=O) groups is 2.